The molecule has 0 saturated carbocycles. The third-order valence-corrected chi connectivity index (χ3v) is 5.40. The second kappa shape index (κ2) is 7.12. The number of hydrogen-bond donors (Lipinski definition) is 1. The van der Waals surface area contributed by atoms with Gasteiger partial charge in [-0.15, -0.1) is 0 Å². The molecule has 2 heterocycles. The molecule has 3 heteroatoms. The second-order valence-corrected chi connectivity index (χ2v) is 7.22. The highest BCUT2D eigenvalue weighted by atomic mass is 16.5. The summed E-state index contributed by atoms with van der Waals surface area (Å²) in [6.07, 6.45) is 6.41. The van der Waals surface area contributed by atoms with Crippen LogP contribution in [-0.4, -0.2) is 37.2 Å². The summed E-state index contributed by atoms with van der Waals surface area (Å²) in [5, 5.41) is 0. The van der Waals surface area contributed by atoms with E-state index in [1.807, 2.05) is 0 Å². The Labute approximate surface area is 134 Å². The summed E-state index contributed by atoms with van der Waals surface area (Å²) in [5.41, 5.74) is 9.12. The molecule has 3 nitrogen and oxygen atoms in total. The maximum Gasteiger partial charge on any atom is 0.0703 e. The third kappa shape index (κ3) is 3.70. The van der Waals surface area contributed by atoms with Crippen molar-refractivity contribution in [3.63, 3.8) is 0 Å². The second-order valence-electron chi connectivity index (χ2n) is 7.22. The molecule has 2 aliphatic heterocycles. The van der Waals surface area contributed by atoms with Crippen molar-refractivity contribution in [3.05, 3.63) is 35.4 Å². The van der Waals surface area contributed by atoms with Crippen molar-refractivity contribution in [2.75, 3.05) is 26.2 Å². The highest BCUT2D eigenvalue weighted by Gasteiger charge is 2.41. The van der Waals surface area contributed by atoms with E-state index in [1.165, 1.54) is 56.3 Å². The smallest absolute Gasteiger partial charge is 0.0703 e. The minimum atomic E-state index is 0.303. The fourth-order valence-electron chi connectivity index (χ4n) is 4.01. The van der Waals surface area contributed by atoms with Crippen molar-refractivity contribution in [3.8, 4) is 0 Å². The van der Waals surface area contributed by atoms with E-state index in [4.69, 9.17) is 10.5 Å². The standard InChI is InChI=1S/C19H30N2O/c1-2-4-16-5-3-6-17(11-16)14-21-9-7-19(8-10-21)12-18(13-20)22-15-19/h3,5-6,11,18H,2,4,7-10,12-15,20H2,1H3. The lowest BCUT2D eigenvalue weighted by molar-refractivity contribution is 0.0648. The van der Waals surface area contributed by atoms with Crippen LogP contribution in [0.5, 0.6) is 0 Å². The molecular formula is C19H30N2O. The van der Waals surface area contributed by atoms with E-state index in [0.717, 1.165) is 13.2 Å². The van der Waals surface area contributed by atoms with Crippen LogP contribution in [-0.2, 0) is 17.7 Å². The molecule has 0 bridgehead atoms. The van der Waals surface area contributed by atoms with Gasteiger partial charge in [-0.05, 0) is 55.3 Å². The predicted molar refractivity (Wildman–Crippen MR) is 90.8 cm³/mol. The molecule has 3 rings (SSSR count). The lowest BCUT2D eigenvalue weighted by Gasteiger charge is -2.38. The molecule has 1 aromatic carbocycles. The number of piperidine rings is 1. The summed E-state index contributed by atoms with van der Waals surface area (Å²) in [6, 6.07) is 9.12. The normalized spacial score (nSPS) is 24.9. The van der Waals surface area contributed by atoms with E-state index in [1.54, 1.807) is 0 Å². The predicted octanol–water partition coefficient (Wildman–Crippen LogP) is 2.97. The molecular weight excluding hydrogens is 272 g/mol. The van der Waals surface area contributed by atoms with E-state index in [0.29, 0.717) is 18.1 Å². The average Bonchev–Trinajstić information content (AvgIpc) is 2.94. The molecule has 1 atom stereocenters. The minimum absolute atomic E-state index is 0.303. The van der Waals surface area contributed by atoms with Crippen LogP contribution in [0.2, 0.25) is 0 Å². The van der Waals surface area contributed by atoms with Crippen molar-refractivity contribution in [1.29, 1.82) is 0 Å². The summed E-state index contributed by atoms with van der Waals surface area (Å²) in [6.45, 7) is 7.32. The summed E-state index contributed by atoms with van der Waals surface area (Å²) in [7, 11) is 0. The van der Waals surface area contributed by atoms with E-state index in [2.05, 4.69) is 36.1 Å². The molecule has 2 saturated heterocycles. The highest BCUT2D eigenvalue weighted by Crippen LogP contribution is 2.41. The zero-order chi connectivity index (χ0) is 15.4. The number of ether oxygens (including phenoxy) is 1. The zero-order valence-corrected chi connectivity index (χ0v) is 13.9. The van der Waals surface area contributed by atoms with Crippen molar-refractivity contribution < 1.29 is 4.74 Å². The van der Waals surface area contributed by atoms with Crippen LogP contribution in [0.15, 0.2) is 24.3 Å². The first-order valence-corrected chi connectivity index (χ1v) is 8.85. The maximum absolute atomic E-state index is 5.85. The lowest BCUT2D eigenvalue weighted by atomic mass is 9.76. The van der Waals surface area contributed by atoms with E-state index >= 15 is 0 Å². The van der Waals surface area contributed by atoms with Crippen molar-refractivity contribution in [2.24, 2.45) is 11.1 Å². The van der Waals surface area contributed by atoms with Crippen molar-refractivity contribution >= 4 is 0 Å². The van der Waals surface area contributed by atoms with Gasteiger partial charge >= 0.3 is 0 Å². The molecule has 2 fully saturated rings. The molecule has 22 heavy (non-hydrogen) atoms. The van der Waals surface area contributed by atoms with Crippen molar-refractivity contribution in [1.82, 2.24) is 4.90 Å². The molecule has 0 amide bonds. The molecule has 2 aliphatic rings. The van der Waals surface area contributed by atoms with Crippen LogP contribution in [0, 0.1) is 5.41 Å². The Balaban J connectivity index is 1.53. The molecule has 2 N–H and O–H groups in total. The number of likely N-dealkylation sites (tertiary alicyclic amines) is 1. The van der Waals surface area contributed by atoms with Crippen LogP contribution >= 0.6 is 0 Å². The van der Waals surface area contributed by atoms with Crippen LogP contribution < -0.4 is 5.73 Å². The topological polar surface area (TPSA) is 38.5 Å². The first-order valence-electron chi connectivity index (χ1n) is 8.85. The summed E-state index contributed by atoms with van der Waals surface area (Å²) < 4.78 is 5.85. The Hall–Kier alpha value is -0.900. The molecule has 0 aliphatic carbocycles. The Bertz CT molecular complexity index is 480. The maximum atomic E-state index is 5.85. The lowest BCUT2D eigenvalue weighted by Crippen LogP contribution is -2.40. The Morgan fingerprint density at radius 3 is 2.73 bits per heavy atom. The van der Waals surface area contributed by atoms with Gasteiger partial charge in [-0.2, -0.15) is 0 Å². The number of nitrogens with zero attached hydrogens (tertiary/aromatic N) is 1. The molecule has 1 spiro atoms. The molecule has 0 radical (unpaired) electrons. The largest absolute Gasteiger partial charge is 0.376 e. The Morgan fingerprint density at radius 2 is 2.05 bits per heavy atom. The zero-order valence-electron chi connectivity index (χ0n) is 13.9. The highest BCUT2D eigenvalue weighted by molar-refractivity contribution is 5.23. The molecule has 1 aromatic rings. The SMILES string of the molecule is CCCc1cccc(CN2CCC3(CC2)COC(CN)C3)c1. The Kier molecular flexibility index (Phi) is 5.17. The summed E-state index contributed by atoms with van der Waals surface area (Å²) in [4.78, 5) is 2.60. The summed E-state index contributed by atoms with van der Waals surface area (Å²) >= 11 is 0. The first kappa shape index (κ1) is 16.0. The molecule has 122 valence electrons. The van der Waals surface area contributed by atoms with Crippen LogP contribution in [0.4, 0.5) is 0 Å². The number of aryl methyl sites for hydroxylation is 1. The number of benzene rings is 1. The van der Waals surface area contributed by atoms with Gasteiger partial charge in [0.25, 0.3) is 0 Å². The number of nitrogens with two attached hydrogens (primary N) is 1. The van der Waals surface area contributed by atoms with Gasteiger partial charge < -0.3 is 10.5 Å². The first-order chi connectivity index (χ1) is 10.7. The van der Waals surface area contributed by atoms with E-state index in [9.17, 15) is 0 Å². The Morgan fingerprint density at radius 1 is 1.27 bits per heavy atom. The monoisotopic (exact) mass is 302 g/mol. The third-order valence-electron chi connectivity index (χ3n) is 5.40. The van der Waals surface area contributed by atoms with Gasteiger partial charge in [-0.25, -0.2) is 0 Å². The minimum Gasteiger partial charge on any atom is -0.376 e. The number of hydrogen-bond acceptors (Lipinski definition) is 3. The van der Waals surface area contributed by atoms with Gasteiger partial charge in [0.15, 0.2) is 0 Å². The summed E-state index contributed by atoms with van der Waals surface area (Å²) in [5.74, 6) is 0. The quantitative estimate of drug-likeness (QED) is 0.909. The van der Waals surface area contributed by atoms with Crippen LogP contribution in [0.1, 0.15) is 43.7 Å². The van der Waals surface area contributed by atoms with Gasteiger partial charge in [0.1, 0.15) is 0 Å². The molecule has 0 aromatic heterocycles. The van der Waals surface area contributed by atoms with Gasteiger partial charge in [0.05, 0.1) is 12.7 Å². The average molecular weight is 302 g/mol. The van der Waals surface area contributed by atoms with Gasteiger partial charge in [0, 0.05) is 13.1 Å². The van der Waals surface area contributed by atoms with Gasteiger partial charge in [-0.1, -0.05) is 37.6 Å². The van der Waals surface area contributed by atoms with Gasteiger partial charge in [0.2, 0.25) is 0 Å². The van der Waals surface area contributed by atoms with Crippen molar-refractivity contribution in [2.45, 2.75) is 51.7 Å². The molecule has 1 unspecified atom stereocenters. The van der Waals surface area contributed by atoms with Gasteiger partial charge in [-0.3, -0.25) is 4.90 Å². The van der Waals surface area contributed by atoms with E-state index < -0.39 is 0 Å². The number of rotatable bonds is 5. The van der Waals surface area contributed by atoms with Crippen LogP contribution in [0.25, 0.3) is 0 Å². The van der Waals surface area contributed by atoms with E-state index in [-0.39, 0.29) is 0 Å². The fourth-order valence-corrected chi connectivity index (χ4v) is 4.01. The van der Waals surface area contributed by atoms with Crippen LogP contribution in [0.3, 0.4) is 0 Å². The fraction of sp³-hybridized carbons (Fsp3) is 0.684.